The number of unbranched alkanes of at least 4 members (excludes halogenated alkanes) is 4. The number of esters is 1. The van der Waals surface area contributed by atoms with E-state index < -0.39 is 0 Å². The predicted molar refractivity (Wildman–Crippen MR) is 80.0 cm³/mol. The first-order valence-corrected chi connectivity index (χ1v) is 8.00. The minimum atomic E-state index is -0.214. The van der Waals surface area contributed by atoms with E-state index in [0.29, 0.717) is 5.57 Å². The summed E-state index contributed by atoms with van der Waals surface area (Å²) >= 11 is 0. The van der Waals surface area contributed by atoms with Crippen LogP contribution >= 0.6 is 0 Å². The summed E-state index contributed by atoms with van der Waals surface area (Å²) < 4.78 is 5.49. The molecule has 1 saturated carbocycles. The summed E-state index contributed by atoms with van der Waals surface area (Å²) in [6, 6.07) is 0. The number of hydrogen-bond donors (Lipinski definition) is 0. The number of ether oxygens (including phenoxy) is 1. The highest BCUT2D eigenvalue weighted by Gasteiger charge is 2.24. The van der Waals surface area contributed by atoms with Gasteiger partial charge in [0.05, 0.1) is 0 Å². The van der Waals surface area contributed by atoms with Crippen LogP contribution in [0.3, 0.4) is 0 Å². The van der Waals surface area contributed by atoms with Crippen molar-refractivity contribution in [2.75, 3.05) is 0 Å². The van der Waals surface area contributed by atoms with Gasteiger partial charge in [0.2, 0.25) is 0 Å². The molecule has 1 aliphatic rings. The summed E-state index contributed by atoms with van der Waals surface area (Å²) in [6.45, 7) is 7.61. The first-order valence-electron chi connectivity index (χ1n) is 8.00. The van der Waals surface area contributed by atoms with Crippen molar-refractivity contribution >= 4 is 5.97 Å². The first kappa shape index (κ1) is 16.3. The van der Waals surface area contributed by atoms with E-state index in [1.54, 1.807) is 6.92 Å². The fraction of sp³-hybridized carbons (Fsp3) is 0.824. The van der Waals surface area contributed by atoms with E-state index in [1.165, 1.54) is 51.4 Å². The second kappa shape index (κ2) is 9.17. The summed E-state index contributed by atoms with van der Waals surface area (Å²) in [5.74, 6) is 0.548. The number of rotatable bonds is 8. The lowest BCUT2D eigenvalue weighted by Gasteiger charge is -2.29. The first-order chi connectivity index (χ1) is 9.13. The summed E-state index contributed by atoms with van der Waals surface area (Å²) in [4.78, 5) is 11.5. The Balaban J connectivity index is 2.18. The molecular weight excluding hydrogens is 236 g/mol. The molecule has 19 heavy (non-hydrogen) atoms. The normalized spacial score (nSPS) is 23.1. The van der Waals surface area contributed by atoms with Crippen LogP contribution in [0.2, 0.25) is 0 Å². The van der Waals surface area contributed by atoms with Gasteiger partial charge in [-0.15, -0.1) is 0 Å². The SMILES string of the molecule is C=C(C)C(=O)OC1CCCC(CCCCCCC)C1. The van der Waals surface area contributed by atoms with Gasteiger partial charge in [-0.05, 0) is 32.1 Å². The van der Waals surface area contributed by atoms with E-state index in [9.17, 15) is 4.79 Å². The zero-order valence-electron chi connectivity index (χ0n) is 12.7. The number of carbonyl (C=O) groups excluding carboxylic acids is 1. The molecule has 0 saturated heterocycles. The highest BCUT2D eigenvalue weighted by Crippen LogP contribution is 2.30. The van der Waals surface area contributed by atoms with Crippen molar-refractivity contribution in [1.29, 1.82) is 0 Å². The van der Waals surface area contributed by atoms with Crippen LogP contribution in [0, 0.1) is 5.92 Å². The van der Waals surface area contributed by atoms with Gasteiger partial charge in [0.25, 0.3) is 0 Å². The molecule has 0 N–H and O–H groups in total. The predicted octanol–water partition coefficient (Wildman–Crippen LogP) is 5.03. The van der Waals surface area contributed by atoms with E-state index in [-0.39, 0.29) is 12.1 Å². The van der Waals surface area contributed by atoms with Crippen LogP contribution in [0.15, 0.2) is 12.2 Å². The highest BCUT2D eigenvalue weighted by atomic mass is 16.5. The largest absolute Gasteiger partial charge is 0.459 e. The molecule has 0 aromatic rings. The third kappa shape index (κ3) is 6.79. The van der Waals surface area contributed by atoms with Crippen molar-refractivity contribution < 1.29 is 9.53 Å². The molecular formula is C17H30O2. The average Bonchev–Trinajstić information content (AvgIpc) is 2.39. The molecule has 2 heteroatoms. The summed E-state index contributed by atoms with van der Waals surface area (Å²) in [5, 5.41) is 0. The third-order valence-electron chi connectivity index (χ3n) is 4.07. The van der Waals surface area contributed by atoms with Gasteiger partial charge in [0.1, 0.15) is 6.10 Å². The maximum atomic E-state index is 11.5. The van der Waals surface area contributed by atoms with Crippen LogP contribution in [0.5, 0.6) is 0 Å². The standard InChI is InChI=1S/C17H30O2/c1-4-5-6-7-8-10-15-11-9-12-16(13-15)19-17(18)14(2)3/h15-16H,2,4-13H2,1,3H3. The second-order valence-electron chi connectivity index (χ2n) is 6.04. The Hall–Kier alpha value is -0.790. The smallest absolute Gasteiger partial charge is 0.333 e. The molecule has 0 aliphatic heterocycles. The lowest BCUT2D eigenvalue weighted by Crippen LogP contribution is -2.25. The van der Waals surface area contributed by atoms with Gasteiger partial charge < -0.3 is 4.74 Å². The molecule has 0 bridgehead atoms. The van der Waals surface area contributed by atoms with Gasteiger partial charge in [-0.2, -0.15) is 0 Å². The average molecular weight is 266 g/mol. The van der Waals surface area contributed by atoms with Gasteiger partial charge in [0, 0.05) is 5.57 Å². The fourth-order valence-electron chi connectivity index (χ4n) is 2.90. The van der Waals surface area contributed by atoms with Crippen molar-refractivity contribution in [2.45, 2.75) is 84.2 Å². The minimum absolute atomic E-state index is 0.138. The third-order valence-corrected chi connectivity index (χ3v) is 4.07. The van der Waals surface area contributed by atoms with Crippen molar-refractivity contribution in [3.05, 3.63) is 12.2 Å². The molecule has 2 atom stereocenters. The van der Waals surface area contributed by atoms with Crippen molar-refractivity contribution in [3.8, 4) is 0 Å². The molecule has 0 aromatic heterocycles. The lowest BCUT2D eigenvalue weighted by atomic mass is 9.84. The molecule has 0 amide bonds. The molecule has 2 nitrogen and oxygen atoms in total. The summed E-state index contributed by atoms with van der Waals surface area (Å²) in [7, 11) is 0. The molecule has 110 valence electrons. The molecule has 1 rings (SSSR count). The van der Waals surface area contributed by atoms with E-state index in [2.05, 4.69) is 13.5 Å². The van der Waals surface area contributed by atoms with E-state index >= 15 is 0 Å². The van der Waals surface area contributed by atoms with Crippen LogP contribution in [0.1, 0.15) is 78.1 Å². The molecule has 0 aromatic carbocycles. The molecule has 2 unspecified atom stereocenters. The summed E-state index contributed by atoms with van der Waals surface area (Å²) in [5.41, 5.74) is 0.515. The van der Waals surface area contributed by atoms with Gasteiger partial charge in [0.15, 0.2) is 0 Å². The van der Waals surface area contributed by atoms with Crippen LogP contribution in [-0.2, 0) is 9.53 Å². The van der Waals surface area contributed by atoms with Crippen LogP contribution in [0.4, 0.5) is 0 Å². The highest BCUT2D eigenvalue weighted by molar-refractivity contribution is 5.87. The monoisotopic (exact) mass is 266 g/mol. The Labute approximate surface area is 118 Å². The molecule has 1 aliphatic carbocycles. The summed E-state index contributed by atoms with van der Waals surface area (Å²) in [6.07, 6.45) is 12.8. The van der Waals surface area contributed by atoms with Crippen molar-refractivity contribution in [1.82, 2.24) is 0 Å². The van der Waals surface area contributed by atoms with Crippen molar-refractivity contribution in [2.24, 2.45) is 5.92 Å². The second-order valence-corrected chi connectivity index (χ2v) is 6.04. The molecule has 0 heterocycles. The Kier molecular flexibility index (Phi) is 7.85. The fourth-order valence-corrected chi connectivity index (χ4v) is 2.90. The molecule has 0 radical (unpaired) electrons. The molecule has 0 spiro atoms. The zero-order chi connectivity index (χ0) is 14.1. The van der Waals surface area contributed by atoms with Crippen LogP contribution < -0.4 is 0 Å². The number of carbonyl (C=O) groups is 1. The quantitative estimate of drug-likeness (QED) is 0.350. The Morgan fingerprint density at radius 3 is 2.63 bits per heavy atom. The van der Waals surface area contributed by atoms with Crippen LogP contribution in [-0.4, -0.2) is 12.1 Å². The Bertz CT molecular complexity index is 283. The number of hydrogen-bond acceptors (Lipinski definition) is 2. The topological polar surface area (TPSA) is 26.3 Å². The minimum Gasteiger partial charge on any atom is -0.459 e. The Morgan fingerprint density at radius 2 is 1.95 bits per heavy atom. The van der Waals surface area contributed by atoms with E-state index in [0.717, 1.165) is 18.8 Å². The Morgan fingerprint density at radius 1 is 1.21 bits per heavy atom. The van der Waals surface area contributed by atoms with Gasteiger partial charge in [-0.25, -0.2) is 4.79 Å². The molecule has 1 fully saturated rings. The lowest BCUT2D eigenvalue weighted by molar-refractivity contribution is -0.146. The van der Waals surface area contributed by atoms with Gasteiger partial charge in [-0.3, -0.25) is 0 Å². The van der Waals surface area contributed by atoms with E-state index in [4.69, 9.17) is 4.74 Å². The van der Waals surface area contributed by atoms with Gasteiger partial charge in [-0.1, -0.05) is 58.4 Å². The zero-order valence-corrected chi connectivity index (χ0v) is 12.7. The van der Waals surface area contributed by atoms with Gasteiger partial charge >= 0.3 is 5.97 Å². The maximum absolute atomic E-state index is 11.5. The van der Waals surface area contributed by atoms with Crippen LogP contribution in [0.25, 0.3) is 0 Å². The maximum Gasteiger partial charge on any atom is 0.333 e. The van der Waals surface area contributed by atoms with E-state index in [1.807, 2.05) is 0 Å². The van der Waals surface area contributed by atoms with Crippen molar-refractivity contribution in [3.63, 3.8) is 0 Å².